The van der Waals surface area contributed by atoms with Crippen LogP contribution in [0.2, 0.25) is 0 Å². The number of rotatable bonds is 1. The Morgan fingerprint density at radius 3 is 3.00 bits per heavy atom. The van der Waals surface area contributed by atoms with Crippen LogP contribution in [0.5, 0.6) is 0 Å². The quantitative estimate of drug-likeness (QED) is 0.662. The van der Waals surface area contributed by atoms with Gasteiger partial charge in [-0.3, -0.25) is 4.79 Å². The third-order valence-corrected chi connectivity index (χ3v) is 3.54. The van der Waals surface area contributed by atoms with E-state index in [1.165, 1.54) is 22.4 Å². The number of hydrogen-bond acceptors (Lipinski definition) is 3. The minimum atomic E-state index is 0.268. The zero-order valence-corrected chi connectivity index (χ0v) is 9.43. The van der Waals surface area contributed by atoms with E-state index in [0.717, 1.165) is 12.8 Å². The van der Waals surface area contributed by atoms with Crippen molar-refractivity contribution in [3.05, 3.63) is 22.8 Å². The summed E-state index contributed by atoms with van der Waals surface area (Å²) in [5.41, 5.74) is 1.37. The molecule has 0 saturated heterocycles. The molecule has 1 aliphatic heterocycles. The summed E-state index contributed by atoms with van der Waals surface area (Å²) in [5.74, 6) is 0. The maximum absolute atomic E-state index is 11.5. The number of carbonyl (C=O) groups excluding carboxylic acids is 1. The van der Waals surface area contributed by atoms with Crippen LogP contribution in [-0.4, -0.2) is 22.6 Å². The molecule has 0 spiro atoms. The molecular weight excluding hydrogens is 194 g/mol. The molecule has 0 aromatic rings. The van der Waals surface area contributed by atoms with Crippen LogP contribution in [0.4, 0.5) is 0 Å². The Bertz CT molecular complexity index is 317. The van der Waals surface area contributed by atoms with Crippen molar-refractivity contribution in [2.24, 2.45) is 0 Å². The third-order valence-electron chi connectivity index (χ3n) is 2.59. The highest BCUT2D eigenvalue weighted by atomic mass is 32.2. The van der Waals surface area contributed by atoms with Gasteiger partial charge in [-0.1, -0.05) is 12.2 Å². The van der Waals surface area contributed by atoms with Crippen LogP contribution < -0.4 is 0 Å². The van der Waals surface area contributed by atoms with Gasteiger partial charge in [0, 0.05) is 16.6 Å². The number of nitrogens with zero attached hydrogens (tertiary/aromatic N) is 1. The SMILES string of the molecule is CC(C)N1CC(=O)SC2=C1CCC=C2. The van der Waals surface area contributed by atoms with E-state index in [0.29, 0.717) is 12.6 Å². The van der Waals surface area contributed by atoms with Crippen LogP contribution in [-0.2, 0) is 4.79 Å². The van der Waals surface area contributed by atoms with Crippen LogP contribution in [0, 0.1) is 0 Å². The van der Waals surface area contributed by atoms with E-state index in [1.54, 1.807) is 0 Å². The Balaban J connectivity index is 2.33. The molecule has 0 atom stereocenters. The van der Waals surface area contributed by atoms with Gasteiger partial charge in [0.25, 0.3) is 0 Å². The molecule has 3 heteroatoms. The second kappa shape index (κ2) is 3.81. The molecule has 1 heterocycles. The van der Waals surface area contributed by atoms with Gasteiger partial charge in [0.1, 0.15) is 0 Å². The third kappa shape index (κ3) is 1.73. The van der Waals surface area contributed by atoms with Gasteiger partial charge in [0.15, 0.2) is 0 Å². The first-order valence-electron chi connectivity index (χ1n) is 5.05. The average Bonchev–Trinajstić information content (AvgIpc) is 2.16. The first-order valence-corrected chi connectivity index (χ1v) is 5.87. The minimum absolute atomic E-state index is 0.268. The van der Waals surface area contributed by atoms with Gasteiger partial charge < -0.3 is 4.90 Å². The molecule has 0 aromatic carbocycles. The summed E-state index contributed by atoms with van der Waals surface area (Å²) in [6.45, 7) is 4.87. The lowest BCUT2D eigenvalue weighted by molar-refractivity contribution is -0.112. The maximum atomic E-state index is 11.5. The first-order chi connectivity index (χ1) is 6.68. The van der Waals surface area contributed by atoms with Gasteiger partial charge in [-0.15, -0.1) is 0 Å². The fourth-order valence-corrected chi connectivity index (χ4v) is 2.84. The number of carbonyl (C=O) groups is 1. The lowest BCUT2D eigenvalue weighted by atomic mass is 10.1. The van der Waals surface area contributed by atoms with Gasteiger partial charge in [-0.25, -0.2) is 0 Å². The van der Waals surface area contributed by atoms with E-state index in [4.69, 9.17) is 0 Å². The predicted molar refractivity (Wildman–Crippen MR) is 59.8 cm³/mol. The molecular formula is C11H15NOS. The molecule has 0 radical (unpaired) electrons. The van der Waals surface area contributed by atoms with Crippen molar-refractivity contribution >= 4 is 16.9 Å². The minimum Gasteiger partial charge on any atom is -0.363 e. The van der Waals surface area contributed by atoms with E-state index < -0.39 is 0 Å². The number of allylic oxidation sites excluding steroid dienone is 3. The van der Waals surface area contributed by atoms with Crippen molar-refractivity contribution in [3.8, 4) is 0 Å². The maximum Gasteiger partial charge on any atom is 0.213 e. The highest BCUT2D eigenvalue weighted by Gasteiger charge is 2.26. The van der Waals surface area contributed by atoms with Gasteiger partial charge in [0.05, 0.1) is 6.54 Å². The molecule has 0 aromatic heterocycles. The summed E-state index contributed by atoms with van der Waals surface area (Å²) >= 11 is 1.40. The van der Waals surface area contributed by atoms with E-state index in [2.05, 4.69) is 30.9 Å². The van der Waals surface area contributed by atoms with Crippen LogP contribution in [0.1, 0.15) is 26.7 Å². The lowest BCUT2D eigenvalue weighted by Gasteiger charge is -2.36. The second-order valence-electron chi connectivity index (χ2n) is 3.95. The second-order valence-corrected chi connectivity index (χ2v) is 5.05. The number of hydrogen-bond donors (Lipinski definition) is 0. The summed E-state index contributed by atoms with van der Waals surface area (Å²) < 4.78 is 0. The van der Waals surface area contributed by atoms with Crippen LogP contribution in [0.3, 0.4) is 0 Å². The number of thioether (sulfide) groups is 1. The van der Waals surface area contributed by atoms with Crippen molar-refractivity contribution < 1.29 is 4.79 Å². The standard InChI is InChI=1S/C11H15NOS/c1-8(2)12-7-11(13)14-10-6-4-3-5-9(10)12/h4,6,8H,3,5,7H2,1-2H3. The molecule has 0 bridgehead atoms. The van der Waals surface area contributed by atoms with Crippen molar-refractivity contribution in [2.45, 2.75) is 32.7 Å². The van der Waals surface area contributed by atoms with E-state index in [1.807, 2.05) is 0 Å². The van der Waals surface area contributed by atoms with Gasteiger partial charge in [-0.2, -0.15) is 0 Å². The monoisotopic (exact) mass is 209 g/mol. The molecule has 0 amide bonds. The molecule has 2 nitrogen and oxygen atoms in total. The largest absolute Gasteiger partial charge is 0.363 e. The predicted octanol–water partition coefficient (Wildman–Crippen LogP) is 2.53. The van der Waals surface area contributed by atoms with Gasteiger partial charge in [0.2, 0.25) is 5.12 Å². The molecule has 0 N–H and O–H groups in total. The van der Waals surface area contributed by atoms with Crippen molar-refractivity contribution in [1.82, 2.24) is 4.90 Å². The average molecular weight is 209 g/mol. The van der Waals surface area contributed by atoms with Crippen molar-refractivity contribution in [1.29, 1.82) is 0 Å². The Morgan fingerprint density at radius 2 is 2.29 bits per heavy atom. The summed E-state index contributed by atoms with van der Waals surface area (Å²) in [6.07, 6.45) is 6.44. The highest BCUT2D eigenvalue weighted by Crippen LogP contribution is 2.35. The van der Waals surface area contributed by atoms with Gasteiger partial charge >= 0.3 is 0 Å². The topological polar surface area (TPSA) is 20.3 Å². The fourth-order valence-electron chi connectivity index (χ4n) is 1.89. The smallest absolute Gasteiger partial charge is 0.213 e. The Morgan fingerprint density at radius 1 is 1.50 bits per heavy atom. The Kier molecular flexibility index (Phi) is 2.68. The summed E-state index contributed by atoms with van der Waals surface area (Å²) in [7, 11) is 0. The summed E-state index contributed by atoms with van der Waals surface area (Å²) in [4.78, 5) is 14.9. The molecule has 2 rings (SSSR count). The van der Waals surface area contributed by atoms with E-state index in [-0.39, 0.29) is 5.12 Å². The molecule has 1 aliphatic carbocycles. The molecule has 2 aliphatic rings. The zero-order valence-electron chi connectivity index (χ0n) is 8.62. The highest BCUT2D eigenvalue weighted by molar-refractivity contribution is 8.17. The molecule has 0 saturated carbocycles. The fraction of sp³-hybridized carbons (Fsp3) is 0.545. The Hall–Kier alpha value is -0.700. The summed E-state index contributed by atoms with van der Waals surface area (Å²) in [5, 5.41) is 0.268. The van der Waals surface area contributed by atoms with E-state index >= 15 is 0 Å². The summed E-state index contributed by atoms with van der Waals surface area (Å²) in [6, 6.07) is 0.427. The van der Waals surface area contributed by atoms with Crippen LogP contribution in [0.15, 0.2) is 22.8 Å². The Labute approximate surface area is 89.0 Å². The zero-order chi connectivity index (χ0) is 10.1. The lowest BCUT2D eigenvalue weighted by Crippen LogP contribution is -2.37. The van der Waals surface area contributed by atoms with Crippen molar-refractivity contribution in [3.63, 3.8) is 0 Å². The molecule has 0 fully saturated rings. The molecule has 76 valence electrons. The van der Waals surface area contributed by atoms with Gasteiger partial charge in [-0.05, 0) is 38.5 Å². The first kappa shape index (κ1) is 9.84. The van der Waals surface area contributed by atoms with Crippen LogP contribution in [0.25, 0.3) is 0 Å². The van der Waals surface area contributed by atoms with Crippen molar-refractivity contribution in [2.75, 3.05) is 6.54 Å². The van der Waals surface area contributed by atoms with Crippen LogP contribution >= 0.6 is 11.8 Å². The molecule has 14 heavy (non-hydrogen) atoms. The van der Waals surface area contributed by atoms with E-state index in [9.17, 15) is 4.79 Å². The molecule has 0 unspecified atom stereocenters. The normalized spacial score (nSPS) is 21.9.